The Bertz CT molecular complexity index is 680. The highest BCUT2D eigenvalue weighted by atomic mass is 31.2. The Kier molecular flexibility index (Phi) is 7.64. The molecule has 0 amide bonds. The van der Waals surface area contributed by atoms with Crippen molar-refractivity contribution in [3.05, 3.63) is 23.8 Å². The van der Waals surface area contributed by atoms with Crippen LogP contribution in [0.1, 0.15) is 57.8 Å². The fourth-order valence-corrected chi connectivity index (χ4v) is 6.04. The monoisotopic (exact) mass is 382 g/mol. The lowest BCUT2D eigenvalue weighted by molar-refractivity contribution is -0.111. The first-order valence-corrected chi connectivity index (χ1v) is 10.8. The number of benzene rings is 1. The van der Waals surface area contributed by atoms with Gasteiger partial charge in [0, 0.05) is 12.6 Å². The number of ether oxygens (including phenoxy) is 2. The summed E-state index contributed by atoms with van der Waals surface area (Å²) < 4.78 is 24.2. The Morgan fingerprint density at radius 1 is 1.12 bits per heavy atom. The second kappa shape index (κ2) is 8.85. The molecule has 6 heteroatoms. The van der Waals surface area contributed by atoms with Crippen LogP contribution in [0.2, 0.25) is 0 Å². The molecule has 26 heavy (non-hydrogen) atoms. The minimum Gasteiger partial charge on any atom is -0.496 e. The Morgan fingerprint density at radius 2 is 1.62 bits per heavy atom. The molecular formula is C20H31O5P. The van der Waals surface area contributed by atoms with Crippen LogP contribution in [0.15, 0.2) is 18.2 Å². The van der Waals surface area contributed by atoms with E-state index in [4.69, 9.17) is 9.47 Å². The maximum absolute atomic E-state index is 13.7. The molecule has 0 saturated carbocycles. The topological polar surface area (TPSA) is 69.7 Å². The van der Waals surface area contributed by atoms with Crippen LogP contribution < -0.4 is 9.47 Å². The summed E-state index contributed by atoms with van der Waals surface area (Å²) in [6, 6.07) is 4.90. The van der Waals surface area contributed by atoms with E-state index in [1.54, 1.807) is 25.1 Å². The predicted molar refractivity (Wildman–Crippen MR) is 105 cm³/mol. The van der Waals surface area contributed by atoms with Crippen molar-refractivity contribution >= 4 is 18.2 Å². The van der Waals surface area contributed by atoms with Gasteiger partial charge in [-0.2, -0.15) is 0 Å². The highest BCUT2D eigenvalue weighted by molar-refractivity contribution is 7.94. The number of carbonyl (C=O) groups excluding carboxylic acids is 2. The maximum Gasteiger partial charge on any atom is 0.236 e. The van der Waals surface area contributed by atoms with Gasteiger partial charge in [0.15, 0.2) is 5.52 Å². The molecule has 2 atom stereocenters. The van der Waals surface area contributed by atoms with Crippen molar-refractivity contribution in [1.29, 1.82) is 0 Å². The van der Waals surface area contributed by atoms with Gasteiger partial charge in [0.2, 0.25) is 12.7 Å². The highest BCUT2D eigenvalue weighted by Gasteiger charge is 2.43. The van der Waals surface area contributed by atoms with Crippen LogP contribution >= 0.6 is 7.14 Å². The molecule has 146 valence electrons. The smallest absolute Gasteiger partial charge is 0.236 e. The molecule has 0 aromatic heterocycles. The van der Waals surface area contributed by atoms with Gasteiger partial charge in [-0.1, -0.05) is 40.7 Å². The molecule has 5 nitrogen and oxygen atoms in total. The van der Waals surface area contributed by atoms with Gasteiger partial charge in [0.1, 0.15) is 17.1 Å². The first-order valence-electron chi connectivity index (χ1n) is 8.88. The van der Waals surface area contributed by atoms with E-state index in [1.165, 1.54) is 14.2 Å². The largest absolute Gasteiger partial charge is 0.496 e. The van der Waals surface area contributed by atoms with Crippen LogP contribution in [0.4, 0.5) is 0 Å². The molecule has 0 spiro atoms. The zero-order valence-corrected chi connectivity index (χ0v) is 17.8. The number of rotatable bonds is 9. The molecule has 0 bridgehead atoms. The summed E-state index contributed by atoms with van der Waals surface area (Å²) in [5, 5.41) is 0. The van der Waals surface area contributed by atoms with E-state index in [-0.39, 0.29) is 41.0 Å². The van der Waals surface area contributed by atoms with Gasteiger partial charge in [0.25, 0.3) is 0 Å². The van der Waals surface area contributed by atoms with Crippen molar-refractivity contribution in [3.63, 3.8) is 0 Å². The van der Waals surface area contributed by atoms with Crippen molar-refractivity contribution in [2.24, 2.45) is 11.3 Å². The third kappa shape index (κ3) is 5.20. The van der Waals surface area contributed by atoms with Crippen molar-refractivity contribution in [1.82, 2.24) is 0 Å². The lowest BCUT2D eigenvalue weighted by Gasteiger charge is -2.26. The zero-order chi connectivity index (χ0) is 20.1. The summed E-state index contributed by atoms with van der Waals surface area (Å²) in [4.78, 5) is 25.9. The van der Waals surface area contributed by atoms with E-state index in [0.29, 0.717) is 0 Å². The maximum atomic E-state index is 13.7. The predicted octanol–water partition coefficient (Wildman–Crippen LogP) is 5.22. The quantitative estimate of drug-likeness (QED) is 0.548. The van der Waals surface area contributed by atoms with Crippen molar-refractivity contribution < 1.29 is 23.6 Å². The lowest BCUT2D eigenvalue weighted by atomic mass is 9.86. The molecule has 2 unspecified atom stereocenters. The number of carbonyl (C=O) groups is 2. The van der Waals surface area contributed by atoms with E-state index in [2.05, 4.69) is 20.8 Å². The number of methoxy groups -OCH3 is 2. The fraction of sp³-hybridized carbons (Fsp3) is 0.600. The second-order valence-corrected chi connectivity index (χ2v) is 10.6. The van der Waals surface area contributed by atoms with Crippen molar-refractivity contribution in [3.8, 4) is 11.5 Å². The van der Waals surface area contributed by atoms with Crippen LogP contribution in [-0.2, 0) is 9.36 Å². The molecule has 1 rings (SSSR count). The third-order valence-electron chi connectivity index (χ3n) is 4.20. The molecule has 0 saturated heterocycles. The van der Waals surface area contributed by atoms with Crippen LogP contribution in [0, 0.1) is 11.3 Å². The fourth-order valence-electron chi connectivity index (χ4n) is 3.34. The van der Waals surface area contributed by atoms with E-state index in [0.717, 1.165) is 6.42 Å². The summed E-state index contributed by atoms with van der Waals surface area (Å²) in [7, 11) is -0.922. The zero-order valence-electron chi connectivity index (χ0n) is 16.9. The standard InChI is InChI=1S/C20H31O5P/c1-8-17(21)26(23,13-14(2)12-20(3,4)5)19(22)18-15(24-6)10-9-11-16(18)25-7/h9-11,14H,8,12-13H2,1-7H3. The van der Waals surface area contributed by atoms with E-state index in [1.807, 2.05) is 6.92 Å². The van der Waals surface area contributed by atoms with E-state index < -0.39 is 18.2 Å². The molecule has 0 aliphatic rings. The number of hydrogen-bond acceptors (Lipinski definition) is 5. The molecule has 0 fully saturated rings. The van der Waals surface area contributed by atoms with Gasteiger partial charge >= 0.3 is 0 Å². The van der Waals surface area contributed by atoms with Crippen molar-refractivity contribution in [2.75, 3.05) is 20.4 Å². The summed E-state index contributed by atoms with van der Waals surface area (Å²) in [5.74, 6) is 0.505. The van der Waals surface area contributed by atoms with Gasteiger partial charge in [-0.05, 0) is 29.9 Å². The second-order valence-electron chi connectivity index (χ2n) is 7.88. The first kappa shape index (κ1) is 22.4. The van der Waals surface area contributed by atoms with Gasteiger partial charge in [-0.3, -0.25) is 9.59 Å². The lowest BCUT2D eigenvalue weighted by Crippen LogP contribution is -2.20. The van der Waals surface area contributed by atoms with Gasteiger partial charge in [-0.25, -0.2) is 0 Å². The Labute approximate surface area is 156 Å². The first-order chi connectivity index (χ1) is 12.0. The minimum absolute atomic E-state index is 0.0185. The van der Waals surface area contributed by atoms with Crippen LogP contribution in [0.5, 0.6) is 11.5 Å². The van der Waals surface area contributed by atoms with E-state index in [9.17, 15) is 14.2 Å². The molecule has 0 aliphatic carbocycles. The van der Waals surface area contributed by atoms with Gasteiger partial charge < -0.3 is 14.0 Å². The van der Waals surface area contributed by atoms with Crippen molar-refractivity contribution in [2.45, 2.75) is 47.5 Å². The summed E-state index contributed by atoms with van der Waals surface area (Å²) >= 11 is 0. The molecule has 0 heterocycles. The van der Waals surface area contributed by atoms with Crippen LogP contribution in [-0.4, -0.2) is 31.4 Å². The molecule has 0 N–H and O–H groups in total. The van der Waals surface area contributed by atoms with Crippen LogP contribution in [0.3, 0.4) is 0 Å². The third-order valence-corrected chi connectivity index (χ3v) is 7.34. The summed E-state index contributed by atoms with van der Waals surface area (Å²) in [6.07, 6.45) is 0.893. The Balaban J connectivity index is 3.40. The van der Waals surface area contributed by atoms with Gasteiger partial charge in [-0.15, -0.1) is 0 Å². The highest BCUT2D eigenvalue weighted by Crippen LogP contribution is 2.55. The Hall–Kier alpha value is -1.61. The number of hydrogen-bond donors (Lipinski definition) is 0. The summed E-state index contributed by atoms with van der Waals surface area (Å²) in [5.41, 5.74) is -1.05. The molecule has 0 aliphatic heterocycles. The van der Waals surface area contributed by atoms with Crippen LogP contribution in [0.25, 0.3) is 0 Å². The molecule has 1 aromatic carbocycles. The average molecular weight is 382 g/mol. The SMILES string of the molecule is CCC(=O)P(=O)(CC(C)CC(C)(C)C)C(=O)c1c(OC)cccc1OC. The normalized spacial score (nSPS) is 15.0. The molecular weight excluding hydrogens is 351 g/mol. The average Bonchev–Trinajstić information content (AvgIpc) is 2.57. The van der Waals surface area contributed by atoms with Gasteiger partial charge in [0.05, 0.1) is 14.2 Å². The summed E-state index contributed by atoms with van der Waals surface area (Å²) in [6.45, 7) is 9.83. The van der Waals surface area contributed by atoms with E-state index >= 15 is 0 Å². The molecule has 1 aromatic rings. The Morgan fingerprint density at radius 3 is 2.00 bits per heavy atom. The minimum atomic E-state index is -3.78. The molecule has 0 radical (unpaired) electrons.